The fourth-order valence-corrected chi connectivity index (χ4v) is 4.29. The number of anilines is 1. The van der Waals surface area contributed by atoms with Gasteiger partial charge in [0.25, 0.3) is 0 Å². The zero-order valence-corrected chi connectivity index (χ0v) is 17.1. The van der Waals surface area contributed by atoms with Crippen molar-refractivity contribution in [1.82, 2.24) is 9.88 Å². The van der Waals surface area contributed by atoms with Crippen LogP contribution in [0.1, 0.15) is 11.1 Å². The maximum absolute atomic E-state index is 12.1. The Bertz CT molecular complexity index is 816. The van der Waals surface area contributed by atoms with E-state index in [1.807, 2.05) is 5.38 Å². The van der Waals surface area contributed by atoms with E-state index in [4.69, 9.17) is 4.74 Å². The predicted molar refractivity (Wildman–Crippen MR) is 110 cm³/mol. The van der Waals surface area contributed by atoms with Crippen molar-refractivity contribution in [3.05, 3.63) is 34.7 Å². The number of carbonyl (C=O) groups excluding carboxylic acids is 2. The van der Waals surface area contributed by atoms with E-state index in [1.54, 1.807) is 4.90 Å². The van der Waals surface area contributed by atoms with Crippen LogP contribution >= 0.6 is 23.1 Å². The van der Waals surface area contributed by atoms with Gasteiger partial charge in [-0.15, -0.1) is 23.1 Å². The number of benzene rings is 1. The number of nitrogens with zero attached hydrogens (tertiary/aromatic N) is 2. The van der Waals surface area contributed by atoms with Gasteiger partial charge in [0, 0.05) is 24.0 Å². The quantitative estimate of drug-likeness (QED) is 0.800. The minimum absolute atomic E-state index is 0.0579. The Labute approximate surface area is 167 Å². The Balaban J connectivity index is 1.47. The summed E-state index contributed by atoms with van der Waals surface area (Å²) in [5.74, 6) is 0.451. The highest BCUT2D eigenvalue weighted by Gasteiger charge is 2.17. The number of rotatable bonds is 6. The minimum Gasteiger partial charge on any atom is -0.378 e. The third kappa shape index (κ3) is 5.54. The average molecular weight is 406 g/mol. The van der Waals surface area contributed by atoms with Crippen LogP contribution in [0.15, 0.2) is 23.6 Å². The number of hydrogen-bond donors (Lipinski definition) is 1. The SMILES string of the molecule is Cc1ccc(-c2csc(NC(=O)CSCC(=O)N3CCOCC3)n2)c(C)c1. The molecular formula is C19H23N3O3S2. The van der Waals surface area contributed by atoms with Crippen LogP contribution in [0.2, 0.25) is 0 Å². The molecule has 1 aliphatic heterocycles. The molecule has 0 saturated carbocycles. The lowest BCUT2D eigenvalue weighted by Gasteiger charge is -2.26. The highest BCUT2D eigenvalue weighted by molar-refractivity contribution is 8.00. The summed E-state index contributed by atoms with van der Waals surface area (Å²) in [5.41, 5.74) is 4.31. The summed E-state index contributed by atoms with van der Waals surface area (Å²) in [5, 5.41) is 5.34. The largest absolute Gasteiger partial charge is 0.378 e. The number of amides is 2. The van der Waals surface area contributed by atoms with Crippen LogP contribution < -0.4 is 5.32 Å². The Hall–Kier alpha value is -1.90. The van der Waals surface area contributed by atoms with Crippen molar-refractivity contribution in [2.75, 3.05) is 43.1 Å². The predicted octanol–water partition coefficient (Wildman–Crippen LogP) is 2.96. The van der Waals surface area contributed by atoms with Crippen LogP contribution in [0.25, 0.3) is 11.3 Å². The Kier molecular flexibility index (Phi) is 6.87. The van der Waals surface area contributed by atoms with Crippen molar-refractivity contribution in [2.45, 2.75) is 13.8 Å². The van der Waals surface area contributed by atoms with Crippen molar-refractivity contribution >= 4 is 40.0 Å². The molecule has 8 heteroatoms. The number of carbonyl (C=O) groups is 2. The zero-order valence-electron chi connectivity index (χ0n) is 15.5. The van der Waals surface area contributed by atoms with Crippen molar-refractivity contribution in [3.63, 3.8) is 0 Å². The van der Waals surface area contributed by atoms with Crippen LogP contribution in [-0.2, 0) is 14.3 Å². The van der Waals surface area contributed by atoms with E-state index in [1.165, 1.54) is 28.7 Å². The van der Waals surface area contributed by atoms with Crippen LogP contribution in [0.4, 0.5) is 5.13 Å². The third-order valence-corrected chi connectivity index (χ3v) is 5.91. The number of aryl methyl sites for hydroxylation is 2. The molecule has 0 spiro atoms. The van der Waals surface area contributed by atoms with Gasteiger partial charge in [-0.05, 0) is 19.4 Å². The lowest BCUT2D eigenvalue weighted by atomic mass is 10.0. The number of nitrogens with one attached hydrogen (secondary N) is 1. The van der Waals surface area contributed by atoms with Gasteiger partial charge >= 0.3 is 0 Å². The molecule has 1 N–H and O–H groups in total. The molecule has 0 radical (unpaired) electrons. The van der Waals surface area contributed by atoms with Crippen LogP contribution in [0.5, 0.6) is 0 Å². The summed E-state index contributed by atoms with van der Waals surface area (Å²) in [7, 11) is 0. The van der Waals surface area contributed by atoms with E-state index >= 15 is 0 Å². The smallest absolute Gasteiger partial charge is 0.236 e. The second-order valence-corrected chi connectivity index (χ2v) is 8.23. The summed E-state index contributed by atoms with van der Waals surface area (Å²) >= 11 is 2.73. The highest BCUT2D eigenvalue weighted by atomic mass is 32.2. The summed E-state index contributed by atoms with van der Waals surface area (Å²) in [6.07, 6.45) is 0. The first-order valence-corrected chi connectivity index (χ1v) is 10.8. The summed E-state index contributed by atoms with van der Waals surface area (Å²) < 4.78 is 5.24. The summed E-state index contributed by atoms with van der Waals surface area (Å²) in [4.78, 5) is 30.5. The van der Waals surface area contributed by atoms with Crippen molar-refractivity contribution in [3.8, 4) is 11.3 Å². The standard InChI is InChI=1S/C19H23N3O3S2/c1-13-3-4-15(14(2)9-13)16-10-27-19(20-16)21-17(23)11-26-12-18(24)22-5-7-25-8-6-22/h3-4,9-10H,5-8,11-12H2,1-2H3,(H,20,21,23). The highest BCUT2D eigenvalue weighted by Crippen LogP contribution is 2.28. The molecule has 27 heavy (non-hydrogen) atoms. The van der Waals surface area contributed by atoms with Gasteiger partial charge in [-0.3, -0.25) is 9.59 Å². The second kappa shape index (κ2) is 9.34. The molecule has 0 aliphatic carbocycles. The lowest BCUT2D eigenvalue weighted by molar-refractivity contribution is -0.132. The van der Waals surface area contributed by atoms with Gasteiger partial charge in [0.2, 0.25) is 11.8 Å². The number of ether oxygens (including phenoxy) is 1. The maximum atomic E-state index is 12.1. The Morgan fingerprint density at radius 3 is 2.78 bits per heavy atom. The van der Waals surface area contributed by atoms with Crippen molar-refractivity contribution in [2.24, 2.45) is 0 Å². The van der Waals surface area contributed by atoms with E-state index in [9.17, 15) is 9.59 Å². The Morgan fingerprint density at radius 1 is 1.26 bits per heavy atom. The molecule has 0 unspecified atom stereocenters. The molecule has 2 amide bonds. The number of aromatic nitrogens is 1. The molecule has 1 aromatic carbocycles. The maximum Gasteiger partial charge on any atom is 0.236 e. The van der Waals surface area contributed by atoms with Gasteiger partial charge in [0.1, 0.15) is 0 Å². The van der Waals surface area contributed by atoms with E-state index < -0.39 is 0 Å². The van der Waals surface area contributed by atoms with Gasteiger partial charge in [-0.2, -0.15) is 0 Å². The molecule has 1 aliphatic rings. The monoisotopic (exact) mass is 405 g/mol. The molecule has 1 aromatic heterocycles. The molecule has 144 valence electrons. The molecule has 3 rings (SSSR count). The van der Waals surface area contributed by atoms with E-state index in [-0.39, 0.29) is 17.6 Å². The topological polar surface area (TPSA) is 71.5 Å². The number of thiazole rings is 1. The van der Waals surface area contributed by atoms with Crippen molar-refractivity contribution in [1.29, 1.82) is 0 Å². The zero-order chi connectivity index (χ0) is 19.2. The number of morpholine rings is 1. The molecule has 1 saturated heterocycles. The first-order chi connectivity index (χ1) is 13.0. The van der Waals surface area contributed by atoms with Gasteiger partial charge in [0.05, 0.1) is 30.4 Å². The van der Waals surface area contributed by atoms with Gasteiger partial charge in [0.15, 0.2) is 5.13 Å². The molecule has 6 nitrogen and oxygen atoms in total. The van der Waals surface area contributed by atoms with Crippen LogP contribution in [-0.4, -0.2) is 59.5 Å². The first-order valence-electron chi connectivity index (χ1n) is 8.79. The Morgan fingerprint density at radius 2 is 2.04 bits per heavy atom. The summed E-state index contributed by atoms with van der Waals surface area (Å²) in [6.45, 7) is 6.55. The summed E-state index contributed by atoms with van der Waals surface area (Å²) in [6, 6.07) is 6.23. The van der Waals surface area contributed by atoms with E-state index in [2.05, 4.69) is 42.3 Å². The van der Waals surface area contributed by atoms with E-state index in [0.717, 1.165) is 16.8 Å². The van der Waals surface area contributed by atoms with Crippen molar-refractivity contribution < 1.29 is 14.3 Å². The fourth-order valence-electron chi connectivity index (χ4n) is 2.85. The van der Waals surface area contributed by atoms with Gasteiger partial charge in [-0.25, -0.2) is 4.98 Å². The van der Waals surface area contributed by atoms with Gasteiger partial charge in [-0.1, -0.05) is 23.8 Å². The molecule has 0 bridgehead atoms. The molecule has 2 aromatic rings. The fraction of sp³-hybridized carbons (Fsp3) is 0.421. The lowest BCUT2D eigenvalue weighted by Crippen LogP contribution is -2.41. The molecule has 1 fully saturated rings. The second-order valence-electron chi connectivity index (χ2n) is 6.39. The number of hydrogen-bond acceptors (Lipinski definition) is 6. The molecular weight excluding hydrogens is 382 g/mol. The number of thioether (sulfide) groups is 1. The first kappa shape index (κ1) is 19.9. The van der Waals surface area contributed by atoms with E-state index in [0.29, 0.717) is 37.2 Å². The third-order valence-electron chi connectivity index (χ3n) is 4.23. The molecule has 2 heterocycles. The minimum atomic E-state index is -0.142. The van der Waals surface area contributed by atoms with Crippen LogP contribution in [0.3, 0.4) is 0 Å². The molecule has 0 atom stereocenters. The normalized spacial score (nSPS) is 14.2. The van der Waals surface area contributed by atoms with Crippen LogP contribution in [0, 0.1) is 13.8 Å². The van der Waals surface area contributed by atoms with Gasteiger partial charge < -0.3 is 15.0 Å². The average Bonchev–Trinajstić information content (AvgIpc) is 3.10.